The highest BCUT2D eigenvalue weighted by Crippen LogP contribution is 2.32. The molecule has 1 atom stereocenters. The molecule has 4 heterocycles. The molecule has 110 valence electrons. The highest BCUT2D eigenvalue weighted by molar-refractivity contribution is 7.18. The second-order valence-corrected chi connectivity index (χ2v) is 6.61. The predicted octanol–water partition coefficient (Wildman–Crippen LogP) is 2.55. The Kier molecular flexibility index (Phi) is 3.04. The molecule has 6 nitrogen and oxygen atoms in total. The fourth-order valence-electron chi connectivity index (χ4n) is 2.79. The molecule has 0 bridgehead atoms. The summed E-state index contributed by atoms with van der Waals surface area (Å²) in [5.74, 6) is 0.742. The highest BCUT2D eigenvalue weighted by atomic mass is 32.1. The minimum atomic E-state index is 0.271. The van der Waals surface area contributed by atoms with Gasteiger partial charge in [0.1, 0.15) is 11.2 Å². The number of thiophene rings is 1. The van der Waals surface area contributed by atoms with Crippen LogP contribution in [0.5, 0.6) is 0 Å². The third-order valence-electron chi connectivity index (χ3n) is 4.06. The van der Waals surface area contributed by atoms with Crippen molar-refractivity contribution >= 4 is 33.1 Å². The van der Waals surface area contributed by atoms with Crippen LogP contribution in [0.1, 0.15) is 23.3 Å². The Hall–Kier alpha value is -1.73. The van der Waals surface area contributed by atoms with Gasteiger partial charge >= 0.3 is 0 Å². The summed E-state index contributed by atoms with van der Waals surface area (Å²) in [5.41, 5.74) is 2.11. The number of anilines is 1. The van der Waals surface area contributed by atoms with Gasteiger partial charge in [-0.25, -0.2) is 9.97 Å². The number of aryl methyl sites for hydroxylation is 2. The van der Waals surface area contributed by atoms with Crippen molar-refractivity contribution in [2.75, 3.05) is 18.5 Å². The average Bonchev–Trinajstić information content (AvgIpc) is 3.18. The number of rotatable bonds is 3. The van der Waals surface area contributed by atoms with Crippen molar-refractivity contribution in [2.45, 2.75) is 32.8 Å². The fourth-order valence-corrected chi connectivity index (χ4v) is 3.81. The quantitative estimate of drug-likeness (QED) is 0.805. The third kappa shape index (κ3) is 2.08. The Labute approximate surface area is 126 Å². The third-order valence-corrected chi connectivity index (χ3v) is 5.16. The van der Waals surface area contributed by atoms with E-state index in [1.165, 1.54) is 10.4 Å². The minimum Gasteiger partial charge on any atom is -0.376 e. The molecule has 3 aromatic rings. The Morgan fingerprint density at radius 3 is 3.19 bits per heavy atom. The van der Waals surface area contributed by atoms with E-state index >= 15 is 0 Å². The molecular formula is C14H17N5OS. The molecule has 3 aromatic heterocycles. The molecule has 0 saturated carbocycles. The molecule has 1 unspecified atom stereocenters. The van der Waals surface area contributed by atoms with E-state index < -0.39 is 0 Å². The van der Waals surface area contributed by atoms with Crippen LogP contribution in [0.2, 0.25) is 0 Å². The van der Waals surface area contributed by atoms with Crippen molar-refractivity contribution in [3.63, 3.8) is 0 Å². The van der Waals surface area contributed by atoms with Crippen LogP contribution in [-0.2, 0) is 4.74 Å². The van der Waals surface area contributed by atoms with Gasteiger partial charge in [0, 0.05) is 18.0 Å². The molecule has 7 heteroatoms. The van der Waals surface area contributed by atoms with Crippen LogP contribution >= 0.6 is 11.3 Å². The van der Waals surface area contributed by atoms with Crippen molar-refractivity contribution in [2.24, 2.45) is 0 Å². The van der Waals surface area contributed by atoms with Gasteiger partial charge in [0.05, 0.1) is 11.5 Å². The molecule has 21 heavy (non-hydrogen) atoms. The lowest BCUT2D eigenvalue weighted by Gasteiger charge is -2.12. The second-order valence-electron chi connectivity index (χ2n) is 5.41. The summed E-state index contributed by atoms with van der Waals surface area (Å²) >= 11 is 1.71. The molecule has 0 aromatic carbocycles. The molecule has 1 N–H and O–H groups in total. The number of hydrogen-bond acceptors (Lipinski definition) is 6. The Morgan fingerprint density at radius 1 is 1.48 bits per heavy atom. The van der Waals surface area contributed by atoms with Gasteiger partial charge in [0.15, 0.2) is 5.65 Å². The molecule has 0 spiro atoms. The molecule has 4 rings (SSSR count). The van der Waals surface area contributed by atoms with E-state index in [1.54, 1.807) is 22.2 Å². The van der Waals surface area contributed by atoms with Gasteiger partial charge < -0.3 is 10.1 Å². The first kappa shape index (κ1) is 13.0. The predicted molar refractivity (Wildman–Crippen MR) is 83.1 cm³/mol. The van der Waals surface area contributed by atoms with Crippen molar-refractivity contribution in [3.8, 4) is 0 Å². The maximum atomic E-state index is 5.65. The zero-order chi connectivity index (χ0) is 14.4. The summed E-state index contributed by atoms with van der Waals surface area (Å²) in [6.45, 7) is 5.86. The summed E-state index contributed by atoms with van der Waals surface area (Å²) in [6.07, 6.45) is 4.10. The summed E-state index contributed by atoms with van der Waals surface area (Å²) in [4.78, 5) is 11.4. The van der Waals surface area contributed by atoms with Crippen molar-refractivity contribution < 1.29 is 4.74 Å². The molecule has 1 fully saturated rings. The van der Waals surface area contributed by atoms with Crippen LogP contribution in [0, 0.1) is 13.8 Å². The monoisotopic (exact) mass is 303 g/mol. The standard InChI is InChI=1S/C14H17N5OS/c1-8-9(2)21-13-11(8)12-16-7-17-19(12)14(18-13)15-6-10-4-3-5-20-10/h7,10H,3-6H2,1-2H3,(H,15,18). The Morgan fingerprint density at radius 2 is 2.38 bits per heavy atom. The number of fused-ring (bicyclic) bond motifs is 3. The van der Waals surface area contributed by atoms with E-state index in [0.717, 1.165) is 47.8 Å². The molecule has 1 saturated heterocycles. The maximum absolute atomic E-state index is 5.65. The summed E-state index contributed by atoms with van der Waals surface area (Å²) in [6, 6.07) is 0. The second kappa shape index (κ2) is 4.92. The first-order valence-electron chi connectivity index (χ1n) is 7.19. The number of aromatic nitrogens is 4. The van der Waals surface area contributed by atoms with Gasteiger partial charge in [0.25, 0.3) is 0 Å². The number of hydrogen-bond donors (Lipinski definition) is 1. The lowest BCUT2D eigenvalue weighted by Crippen LogP contribution is -2.20. The lowest BCUT2D eigenvalue weighted by atomic mass is 10.2. The first-order chi connectivity index (χ1) is 10.2. The summed E-state index contributed by atoms with van der Waals surface area (Å²) < 4.78 is 7.43. The molecule has 1 aliphatic rings. The van der Waals surface area contributed by atoms with Gasteiger partial charge in [-0.15, -0.1) is 11.3 Å². The lowest BCUT2D eigenvalue weighted by molar-refractivity contribution is 0.120. The van der Waals surface area contributed by atoms with Crippen LogP contribution in [0.4, 0.5) is 5.95 Å². The highest BCUT2D eigenvalue weighted by Gasteiger charge is 2.18. The fraction of sp³-hybridized carbons (Fsp3) is 0.500. The van der Waals surface area contributed by atoms with E-state index in [1.807, 2.05) is 0 Å². The van der Waals surface area contributed by atoms with Gasteiger partial charge in [-0.1, -0.05) is 0 Å². The smallest absolute Gasteiger partial charge is 0.227 e. The number of nitrogens with zero attached hydrogens (tertiary/aromatic N) is 4. The number of nitrogens with one attached hydrogen (secondary N) is 1. The van der Waals surface area contributed by atoms with E-state index in [2.05, 4.69) is 29.2 Å². The number of ether oxygens (including phenoxy) is 1. The van der Waals surface area contributed by atoms with Gasteiger partial charge in [-0.3, -0.25) is 0 Å². The van der Waals surface area contributed by atoms with Crippen LogP contribution in [0.25, 0.3) is 15.9 Å². The van der Waals surface area contributed by atoms with E-state index in [9.17, 15) is 0 Å². The van der Waals surface area contributed by atoms with Crippen LogP contribution in [0.15, 0.2) is 6.33 Å². The molecule has 0 amide bonds. The molecule has 1 aliphatic heterocycles. The van der Waals surface area contributed by atoms with E-state index in [0.29, 0.717) is 0 Å². The van der Waals surface area contributed by atoms with Gasteiger partial charge in [0.2, 0.25) is 5.95 Å². The minimum absolute atomic E-state index is 0.271. The van der Waals surface area contributed by atoms with Crippen LogP contribution < -0.4 is 5.32 Å². The molecule has 0 aliphatic carbocycles. The normalized spacial score (nSPS) is 18.9. The van der Waals surface area contributed by atoms with Gasteiger partial charge in [-0.2, -0.15) is 9.61 Å². The first-order valence-corrected chi connectivity index (χ1v) is 8.00. The van der Waals surface area contributed by atoms with E-state index in [-0.39, 0.29) is 6.10 Å². The topological polar surface area (TPSA) is 64.3 Å². The summed E-state index contributed by atoms with van der Waals surface area (Å²) in [7, 11) is 0. The molecular weight excluding hydrogens is 286 g/mol. The average molecular weight is 303 g/mol. The Bertz CT molecular complexity index is 803. The van der Waals surface area contributed by atoms with Crippen molar-refractivity contribution in [1.82, 2.24) is 19.6 Å². The van der Waals surface area contributed by atoms with Crippen LogP contribution in [0.3, 0.4) is 0 Å². The van der Waals surface area contributed by atoms with Crippen molar-refractivity contribution in [1.29, 1.82) is 0 Å². The largest absolute Gasteiger partial charge is 0.376 e. The zero-order valence-corrected chi connectivity index (χ0v) is 12.9. The maximum Gasteiger partial charge on any atom is 0.227 e. The SMILES string of the molecule is Cc1sc2nc(NCC3CCCO3)n3ncnc3c2c1C. The van der Waals surface area contributed by atoms with E-state index in [4.69, 9.17) is 9.72 Å². The molecule has 0 radical (unpaired) electrons. The van der Waals surface area contributed by atoms with Gasteiger partial charge in [-0.05, 0) is 32.3 Å². The summed E-state index contributed by atoms with van der Waals surface area (Å²) in [5, 5.41) is 8.79. The van der Waals surface area contributed by atoms with Crippen molar-refractivity contribution in [3.05, 3.63) is 16.8 Å². The zero-order valence-electron chi connectivity index (χ0n) is 12.1. The van der Waals surface area contributed by atoms with Crippen LogP contribution in [-0.4, -0.2) is 38.8 Å². The Balaban J connectivity index is 1.77.